The van der Waals surface area contributed by atoms with Crippen molar-refractivity contribution in [3.8, 4) is 0 Å². The van der Waals surface area contributed by atoms with Gasteiger partial charge in [0.2, 0.25) is 5.91 Å². The molecule has 0 saturated carbocycles. The van der Waals surface area contributed by atoms with Crippen molar-refractivity contribution in [2.75, 3.05) is 32.8 Å². The molecule has 1 aromatic rings. The van der Waals surface area contributed by atoms with Gasteiger partial charge in [-0.2, -0.15) is 0 Å². The first-order chi connectivity index (χ1) is 10.2. The minimum atomic E-state index is -0.311. The third-order valence-corrected chi connectivity index (χ3v) is 3.20. The Kier molecular flexibility index (Phi) is 5.31. The second-order valence-corrected chi connectivity index (χ2v) is 4.60. The van der Waals surface area contributed by atoms with Crippen LogP contribution in [0.2, 0.25) is 0 Å². The van der Waals surface area contributed by atoms with Gasteiger partial charge in [-0.25, -0.2) is 4.79 Å². The normalized spacial score (nSPS) is 15.3. The van der Waals surface area contributed by atoms with E-state index in [1.165, 1.54) is 6.08 Å². The van der Waals surface area contributed by atoms with Gasteiger partial charge in [0.25, 0.3) is 0 Å². The lowest BCUT2D eigenvalue weighted by Gasteiger charge is -2.33. The molecule has 1 aromatic heterocycles. The number of carbonyl (C=O) groups is 2. The second-order valence-electron chi connectivity index (χ2n) is 4.60. The van der Waals surface area contributed by atoms with Crippen LogP contribution < -0.4 is 0 Å². The van der Waals surface area contributed by atoms with E-state index in [1.807, 2.05) is 18.2 Å². The molecule has 1 aliphatic rings. The Morgan fingerprint density at radius 1 is 1.24 bits per heavy atom. The van der Waals surface area contributed by atoms with Gasteiger partial charge in [-0.15, -0.1) is 0 Å². The van der Waals surface area contributed by atoms with Gasteiger partial charge < -0.3 is 14.5 Å². The Labute approximate surface area is 124 Å². The SMILES string of the molecule is CCOC(=O)N1CCN(C(=O)C=Cc2ccccn2)CC1. The molecule has 0 spiro atoms. The number of ether oxygens (including phenoxy) is 1. The van der Waals surface area contributed by atoms with Crippen molar-refractivity contribution >= 4 is 18.1 Å². The molecule has 0 radical (unpaired) electrons. The van der Waals surface area contributed by atoms with E-state index in [-0.39, 0.29) is 12.0 Å². The molecule has 2 heterocycles. The summed E-state index contributed by atoms with van der Waals surface area (Å²) in [5, 5.41) is 0. The van der Waals surface area contributed by atoms with Gasteiger partial charge in [0.05, 0.1) is 12.3 Å². The fraction of sp³-hybridized carbons (Fsp3) is 0.400. The molecule has 0 unspecified atom stereocenters. The average Bonchev–Trinajstić information content (AvgIpc) is 2.54. The maximum atomic E-state index is 12.1. The fourth-order valence-electron chi connectivity index (χ4n) is 2.06. The maximum absolute atomic E-state index is 12.1. The van der Waals surface area contributed by atoms with E-state index in [0.717, 1.165) is 5.69 Å². The summed E-state index contributed by atoms with van der Waals surface area (Å²) >= 11 is 0. The summed E-state index contributed by atoms with van der Waals surface area (Å²) < 4.78 is 4.94. The number of hydrogen-bond donors (Lipinski definition) is 0. The number of nitrogens with zero attached hydrogens (tertiary/aromatic N) is 3. The number of piperazine rings is 1. The number of hydrogen-bond acceptors (Lipinski definition) is 4. The first-order valence-electron chi connectivity index (χ1n) is 7.00. The van der Waals surface area contributed by atoms with E-state index in [4.69, 9.17) is 4.74 Å². The minimum absolute atomic E-state index is 0.0656. The van der Waals surface area contributed by atoms with Crippen LogP contribution in [0.15, 0.2) is 30.5 Å². The van der Waals surface area contributed by atoms with Crippen LogP contribution in [0.1, 0.15) is 12.6 Å². The largest absolute Gasteiger partial charge is 0.450 e. The number of carbonyl (C=O) groups excluding carboxylic acids is 2. The third kappa shape index (κ3) is 4.30. The van der Waals surface area contributed by atoms with Crippen LogP contribution in [0.25, 0.3) is 6.08 Å². The summed E-state index contributed by atoms with van der Waals surface area (Å²) in [5.74, 6) is -0.0656. The Hall–Kier alpha value is -2.37. The molecule has 0 atom stereocenters. The van der Waals surface area contributed by atoms with Gasteiger partial charge in [-0.05, 0) is 25.1 Å². The van der Waals surface area contributed by atoms with E-state index in [1.54, 1.807) is 29.0 Å². The van der Waals surface area contributed by atoms with Gasteiger partial charge in [-0.1, -0.05) is 6.07 Å². The average molecular weight is 289 g/mol. The van der Waals surface area contributed by atoms with Crippen molar-refractivity contribution in [3.63, 3.8) is 0 Å². The Morgan fingerprint density at radius 3 is 2.57 bits per heavy atom. The summed E-state index contributed by atoms with van der Waals surface area (Å²) in [6, 6.07) is 5.53. The van der Waals surface area contributed by atoms with Crippen molar-refractivity contribution in [1.82, 2.24) is 14.8 Å². The molecule has 6 nitrogen and oxygen atoms in total. The molecule has 1 aliphatic heterocycles. The molecule has 1 fully saturated rings. The van der Waals surface area contributed by atoms with Crippen molar-refractivity contribution < 1.29 is 14.3 Å². The van der Waals surface area contributed by atoms with Crippen LogP contribution >= 0.6 is 0 Å². The molecule has 1 saturated heterocycles. The summed E-state index contributed by atoms with van der Waals surface area (Å²) in [6.45, 7) is 4.18. The van der Waals surface area contributed by atoms with Crippen molar-refractivity contribution in [2.45, 2.75) is 6.92 Å². The van der Waals surface area contributed by atoms with Gasteiger partial charge in [-0.3, -0.25) is 9.78 Å². The highest BCUT2D eigenvalue weighted by Crippen LogP contribution is 2.06. The van der Waals surface area contributed by atoms with Crippen LogP contribution in [0, 0.1) is 0 Å². The van der Waals surface area contributed by atoms with Crippen LogP contribution in [-0.2, 0) is 9.53 Å². The Bertz CT molecular complexity index is 508. The van der Waals surface area contributed by atoms with Crippen LogP contribution in [0.4, 0.5) is 4.79 Å². The quantitative estimate of drug-likeness (QED) is 0.789. The van der Waals surface area contributed by atoms with Crippen LogP contribution in [0.3, 0.4) is 0 Å². The van der Waals surface area contributed by atoms with Crippen LogP contribution in [-0.4, -0.2) is 59.6 Å². The molecule has 0 aliphatic carbocycles. The first-order valence-corrected chi connectivity index (χ1v) is 7.00. The van der Waals surface area contributed by atoms with Crippen LogP contribution in [0.5, 0.6) is 0 Å². The standard InChI is InChI=1S/C15H19N3O3/c1-2-21-15(20)18-11-9-17(10-12-18)14(19)7-6-13-5-3-4-8-16-13/h3-8H,2,9-12H2,1H3. The summed E-state index contributed by atoms with van der Waals surface area (Å²) in [4.78, 5) is 31.1. The zero-order chi connectivity index (χ0) is 15.1. The monoisotopic (exact) mass is 289 g/mol. The molecule has 112 valence electrons. The van der Waals surface area contributed by atoms with Crippen molar-refractivity contribution in [3.05, 3.63) is 36.2 Å². The highest BCUT2D eigenvalue weighted by Gasteiger charge is 2.23. The molecule has 21 heavy (non-hydrogen) atoms. The van der Waals surface area contributed by atoms with Crippen molar-refractivity contribution in [2.24, 2.45) is 0 Å². The maximum Gasteiger partial charge on any atom is 0.409 e. The minimum Gasteiger partial charge on any atom is -0.450 e. The predicted molar refractivity (Wildman–Crippen MR) is 78.4 cm³/mol. The van der Waals surface area contributed by atoms with Gasteiger partial charge in [0.15, 0.2) is 0 Å². The van der Waals surface area contributed by atoms with Gasteiger partial charge in [0, 0.05) is 38.5 Å². The molecule has 6 heteroatoms. The van der Waals surface area contributed by atoms with E-state index < -0.39 is 0 Å². The molecule has 2 amide bonds. The lowest BCUT2D eigenvalue weighted by Crippen LogP contribution is -2.50. The molecule has 0 N–H and O–H groups in total. The number of pyridine rings is 1. The number of aromatic nitrogens is 1. The van der Waals surface area contributed by atoms with Gasteiger partial charge >= 0.3 is 6.09 Å². The van der Waals surface area contributed by atoms with E-state index in [0.29, 0.717) is 32.8 Å². The summed E-state index contributed by atoms with van der Waals surface area (Å²) in [5.41, 5.74) is 0.746. The highest BCUT2D eigenvalue weighted by atomic mass is 16.6. The zero-order valence-electron chi connectivity index (χ0n) is 12.1. The summed E-state index contributed by atoms with van der Waals surface area (Å²) in [7, 11) is 0. The Morgan fingerprint density at radius 2 is 1.95 bits per heavy atom. The molecule has 0 aromatic carbocycles. The van der Waals surface area contributed by atoms with E-state index in [2.05, 4.69) is 4.98 Å². The zero-order valence-corrected chi connectivity index (χ0v) is 12.1. The smallest absolute Gasteiger partial charge is 0.409 e. The lowest BCUT2D eigenvalue weighted by molar-refractivity contribution is -0.127. The number of rotatable bonds is 3. The fourth-order valence-corrected chi connectivity index (χ4v) is 2.06. The first kappa shape index (κ1) is 15.0. The van der Waals surface area contributed by atoms with E-state index in [9.17, 15) is 9.59 Å². The predicted octanol–water partition coefficient (Wildman–Crippen LogP) is 1.40. The van der Waals surface area contributed by atoms with E-state index >= 15 is 0 Å². The lowest BCUT2D eigenvalue weighted by atomic mass is 10.3. The number of amides is 2. The van der Waals surface area contributed by atoms with Crippen molar-refractivity contribution in [1.29, 1.82) is 0 Å². The molecular formula is C15H19N3O3. The molecule has 0 bridgehead atoms. The molecular weight excluding hydrogens is 270 g/mol. The second kappa shape index (κ2) is 7.42. The summed E-state index contributed by atoms with van der Waals surface area (Å²) in [6.07, 6.45) is 4.58. The topological polar surface area (TPSA) is 62.7 Å². The Balaban J connectivity index is 1.83. The molecule has 2 rings (SSSR count). The third-order valence-electron chi connectivity index (χ3n) is 3.20. The van der Waals surface area contributed by atoms with Gasteiger partial charge in [0.1, 0.15) is 0 Å². The highest BCUT2D eigenvalue weighted by molar-refractivity contribution is 5.91.